The van der Waals surface area contributed by atoms with E-state index in [2.05, 4.69) is 50.3 Å². The SMILES string of the molecule is CC(C)=c1ccc2c(c1C1=CC=CC1)C(O)=c1ccccc1=2. The second-order valence-electron chi connectivity index (χ2n) is 6.13. The zero-order valence-electron chi connectivity index (χ0n) is 12.9. The van der Waals surface area contributed by atoms with E-state index in [1.165, 1.54) is 21.9 Å². The van der Waals surface area contributed by atoms with Gasteiger partial charge in [-0.15, -0.1) is 0 Å². The van der Waals surface area contributed by atoms with Crippen molar-refractivity contribution in [2.24, 2.45) is 0 Å². The largest absolute Gasteiger partial charge is 0.507 e. The first kappa shape index (κ1) is 13.1. The van der Waals surface area contributed by atoms with E-state index in [1.54, 1.807) is 0 Å². The molecule has 0 spiro atoms. The van der Waals surface area contributed by atoms with Crippen LogP contribution < -0.4 is 10.4 Å². The molecule has 4 rings (SSSR count). The third kappa shape index (κ3) is 1.72. The Labute approximate surface area is 129 Å². The Kier molecular flexibility index (Phi) is 2.83. The standard InChI is InChI=1S/C21H18O/c1-13(2)15-11-12-17-16-9-5-6-10-18(16)21(22)20(17)19(15)14-7-3-4-8-14/h3-7,9-12,22H,8H2,1-2H3. The van der Waals surface area contributed by atoms with E-state index in [0.29, 0.717) is 5.76 Å². The maximum absolute atomic E-state index is 10.8. The van der Waals surface area contributed by atoms with Gasteiger partial charge in [-0.1, -0.05) is 60.2 Å². The average molecular weight is 286 g/mol. The molecule has 2 aromatic rings. The first-order valence-electron chi connectivity index (χ1n) is 7.68. The molecule has 0 aromatic heterocycles. The van der Waals surface area contributed by atoms with E-state index in [9.17, 15) is 5.11 Å². The Balaban J connectivity index is 2.25. The molecular weight excluding hydrogens is 268 g/mol. The van der Waals surface area contributed by atoms with Gasteiger partial charge in [0.2, 0.25) is 0 Å². The third-order valence-electron chi connectivity index (χ3n) is 4.55. The molecule has 0 saturated heterocycles. The van der Waals surface area contributed by atoms with Gasteiger partial charge in [0.1, 0.15) is 5.76 Å². The summed E-state index contributed by atoms with van der Waals surface area (Å²) in [5.41, 5.74) is 4.74. The molecule has 2 aromatic carbocycles. The second kappa shape index (κ2) is 4.74. The summed E-state index contributed by atoms with van der Waals surface area (Å²) in [6, 6.07) is 12.4. The molecule has 0 bridgehead atoms. The maximum Gasteiger partial charge on any atom is 0.131 e. The number of hydrogen-bond donors (Lipinski definition) is 1. The van der Waals surface area contributed by atoms with Crippen molar-refractivity contribution in [3.63, 3.8) is 0 Å². The van der Waals surface area contributed by atoms with Crippen LogP contribution in [0.15, 0.2) is 54.6 Å². The highest BCUT2D eigenvalue weighted by Crippen LogP contribution is 2.29. The number of aliphatic hydroxyl groups is 1. The normalized spacial score (nSPS) is 14.8. The molecule has 0 unspecified atom stereocenters. The summed E-state index contributed by atoms with van der Waals surface area (Å²) < 4.78 is 0. The zero-order chi connectivity index (χ0) is 15.3. The molecule has 0 aliphatic heterocycles. The van der Waals surface area contributed by atoms with E-state index < -0.39 is 0 Å². The van der Waals surface area contributed by atoms with Crippen LogP contribution in [0.4, 0.5) is 0 Å². The Morgan fingerprint density at radius 1 is 0.909 bits per heavy atom. The molecule has 0 saturated carbocycles. The van der Waals surface area contributed by atoms with Crippen molar-refractivity contribution in [1.82, 2.24) is 0 Å². The van der Waals surface area contributed by atoms with Gasteiger partial charge in [0.25, 0.3) is 0 Å². The zero-order valence-corrected chi connectivity index (χ0v) is 12.9. The van der Waals surface area contributed by atoms with Crippen LogP contribution in [0, 0.1) is 10.4 Å². The van der Waals surface area contributed by atoms with Crippen LogP contribution in [-0.4, -0.2) is 5.11 Å². The van der Waals surface area contributed by atoms with Crippen molar-refractivity contribution in [3.8, 4) is 0 Å². The van der Waals surface area contributed by atoms with Crippen LogP contribution in [0.5, 0.6) is 0 Å². The molecule has 0 heterocycles. The fourth-order valence-electron chi connectivity index (χ4n) is 3.52. The number of aliphatic hydroxyl groups excluding tert-OH is 1. The molecule has 1 heteroatoms. The molecule has 0 atom stereocenters. The van der Waals surface area contributed by atoms with Crippen LogP contribution in [0.3, 0.4) is 0 Å². The monoisotopic (exact) mass is 286 g/mol. The lowest BCUT2D eigenvalue weighted by molar-refractivity contribution is 0.508. The molecule has 1 nitrogen and oxygen atoms in total. The predicted octanol–water partition coefficient (Wildman–Crippen LogP) is 3.54. The second-order valence-corrected chi connectivity index (χ2v) is 6.13. The van der Waals surface area contributed by atoms with Crippen molar-refractivity contribution in [2.45, 2.75) is 20.3 Å². The van der Waals surface area contributed by atoms with Crippen LogP contribution in [0.1, 0.15) is 31.4 Å². The molecule has 0 radical (unpaired) electrons. The molecule has 22 heavy (non-hydrogen) atoms. The molecule has 2 aliphatic carbocycles. The number of fused-ring (bicyclic) bond motifs is 2. The lowest BCUT2D eigenvalue weighted by Crippen LogP contribution is -2.14. The van der Waals surface area contributed by atoms with Gasteiger partial charge in [-0.25, -0.2) is 0 Å². The third-order valence-corrected chi connectivity index (χ3v) is 4.55. The van der Waals surface area contributed by atoms with Crippen molar-refractivity contribution in [2.75, 3.05) is 0 Å². The number of benzene rings is 2. The summed E-state index contributed by atoms with van der Waals surface area (Å²) in [6.07, 6.45) is 7.37. The number of hydrogen-bond acceptors (Lipinski definition) is 1. The van der Waals surface area contributed by atoms with Gasteiger partial charge in [0.05, 0.1) is 0 Å². The van der Waals surface area contributed by atoms with Crippen molar-refractivity contribution >= 4 is 16.9 Å². The smallest absolute Gasteiger partial charge is 0.131 e. The minimum absolute atomic E-state index is 0.413. The van der Waals surface area contributed by atoms with Gasteiger partial charge >= 0.3 is 0 Å². The Morgan fingerprint density at radius 3 is 2.36 bits per heavy atom. The van der Waals surface area contributed by atoms with E-state index >= 15 is 0 Å². The number of allylic oxidation sites excluding steroid dienone is 4. The summed E-state index contributed by atoms with van der Waals surface area (Å²) in [5, 5.41) is 15.3. The topological polar surface area (TPSA) is 20.2 Å². The van der Waals surface area contributed by atoms with E-state index in [-0.39, 0.29) is 0 Å². The molecule has 108 valence electrons. The minimum atomic E-state index is 0.413. The summed E-state index contributed by atoms with van der Waals surface area (Å²) in [6.45, 7) is 4.26. The molecular formula is C21H18O. The quantitative estimate of drug-likeness (QED) is 0.850. The van der Waals surface area contributed by atoms with Crippen LogP contribution in [-0.2, 0) is 0 Å². The predicted molar refractivity (Wildman–Crippen MR) is 91.4 cm³/mol. The lowest BCUT2D eigenvalue weighted by Gasteiger charge is -2.12. The van der Waals surface area contributed by atoms with Crippen molar-refractivity contribution in [3.05, 3.63) is 86.6 Å². The van der Waals surface area contributed by atoms with Crippen molar-refractivity contribution < 1.29 is 5.11 Å². The van der Waals surface area contributed by atoms with Gasteiger partial charge in [0, 0.05) is 10.8 Å². The summed E-state index contributed by atoms with van der Waals surface area (Å²) in [7, 11) is 0. The highest BCUT2D eigenvalue weighted by molar-refractivity contribution is 5.82. The Hall–Kier alpha value is -2.54. The van der Waals surface area contributed by atoms with E-state index in [4.69, 9.17) is 0 Å². The Morgan fingerprint density at radius 2 is 1.68 bits per heavy atom. The molecule has 1 N–H and O–H groups in total. The highest BCUT2D eigenvalue weighted by Gasteiger charge is 2.19. The van der Waals surface area contributed by atoms with Gasteiger partial charge in [-0.2, -0.15) is 0 Å². The molecule has 2 aliphatic rings. The molecule has 0 fully saturated rings. The summed E-state index contributed by atoms with van der Waals surface area (Å²) in [4.78, 5) is 0. The van der Waals surface area contributed by atoms with Gasteiger partial charge < -0.3 is 5.11 Å². The lowest BCUT2D eigenvalue weighted by atomic mass is 9.93. The Bertz CT molecular complexity index is 1060. The fourth-order valence-corrected chi connectivity index (χ4v) is 3.52. The summed E-state index contributed by atoms with van der Waals surface area (Å²) >= 11 is 0. The molecule has 0 amide bonds. The van der Waals surface area contributed by atoms with Crippen LogP contribution in [0.25, 0.3) is 16.9 Å². The van der Waals surface area contributed by atoms with Gasteiger partial charge in [-0.05, 0) is 47.1 Å². The minimum Gasteiger partial charge on any atom is -0.507 e. The average Bonchev–Trinajstić information content (AvgIpc) is 3.15. The van der Waals surface area contributed by atoms with Gasteiger partial charge in [0.15, 0.2) is 0 Å². The summed E-state index contributed by atoms with van der Waals surface area (Å²) in [5.74, 6) is 0.413. The van der Waals surface area contributed by atoms with E-state index in [0.717, 1.165) is 27.6 Å². The fraction of sp³-hybridized carbons (Fsp3) is 0.143. The first-order chi connectivity index (χ1) is 10.7. The van der Waals surface area contributed by atoms with E-state index in [1.807, 2.05) is 18.2 Å². The van der Waals surface area contributed by atoms with Gasteiger partial charge in [-0.3, -0.25) is 0 Å². The first-order valence-corrected chi connectivity index (χ1v) is 7.68. The number of rotatable bonds is 1. The maximum atomic E-state index is 10.8. The van der Waals surface area contributed by atoms with Crippen LogP contribution >= 0.6 is 0 Å². The highest BCUT2D eigenvalue weighted by atomic mass is 16.3. The van der Waals surface area contributed by atoms with Crippen molar-refractivity contribution in [1.29, 1.82) is 0 Å². The van der Waals surface area contributed by atoms with Crippen LogP contribution in [0.2, 0.25) is 0 Å².